The van der Waals surface area contributed by atoms with E-state index in [2.05, 4.69) is 0 Å². The van der Waals surface area contributed by atoms with Crippen molar-refractivity contribution in [2.24, 2.45) is 5.41 Å². The highest BCUT2D eigenvalue weighted by atomic mass is 19.2. The standard InChI is InChI=1S/C21H18F5NO3/c1-21(2,10-6-9-13(28)30-11-12-7-4-3-5-8-12)20(29)27-19-17(25)15(23)14(22)16(24)18(19)26/h3-9H,10-11H2,1-2H3,(H,27,29)/b9-6+. The third-order valence-corrected chi connectivity index (χ3v) is 4.17. The van der Waals surface area contributed by atoms with Gasteiger partial charge in [-0.3, -0.25) is 4.79 Å². The summed E-state index contributed by atoms with van der Waals surface area (Å²) in [6.07, 6.45) is 2.32. The van der Waals surface area contributed by atoms with Gasteiger partial charge in [-0.1, -0.05) is 50.3 Å². The number of carbonyl (C=O) groups excluding carboxylic acids is 2. The molecule has 0 aliphatic rings. The minimum Gasteiger partial charge on any atom is -0.458 e. The molecule has 0 unspecified atom stereocenters. The second-order valence-corrected chi connectivity index (χ2v) is 6.98. The average molecular weight is 427 g/mol. The van der Waals surface area contributed by atoms with Gasteiger partial charge in [-0.2, -0.15) is 0 Å². The quantitative estimate of drug-likeness (QED) is 0.222. The molecule has 0 spiro atoms. The molecule has 2 rings (SSSR count). The van der Waals surface area contributed by atoms with Crippen molar-refractivity contribution in [3.8, 4) is 0 Å². The molecule has 1 N–H and O–H groups in total. The minimum absolute atomic E-state index is 0.0497. The third-order valence-electron chi connectivity index (χ3n) is 4.17. The fourth-order valence-electron chi connectivity index (χ4n) is 2.32. The van der Waals surface area contributed by atoms with Crippen molar-refractivity contribution >= 4 is 17.6 Å². The van der Waals surface area contributed by atoms with Gasteiger partial charge in [0, 0.05) is 11.5 Å². The van der Waals surface area contributed by atoms with Crippen LogP contribution in [0, 0.1) is 34.5 Å². The van der Waals surface area contributed by atoms with Crippen molar-refractivity contribution in [1.82, 2.24) is 0 Å². The van der Waals surface area contributed by atoms with Crippen LogP contribution < -0.4 is 5.32 Å². The number of allylic oxidation sites excluding steroid dienone is 1. The Bertz CT molecular complexity index is 945. The van der Waals surface area contributed by atoms with Gasteiger partial charge in [-0.05, 0) is 12.0 Å². The summed E-state index contributed by atoms with van der Waals surface area (Å²) >= 11 is 0. The summed E-state index contributed by atoms with van der Waals surface area (Å²) < 4.78 is 72.1. The van der Waals surface area contributed by atoms with Crippen LogP contribution in [0.3, 0.4) is 0 Å². The fourth-order valence-corrected chi connectivity index (χ4v) is 2.32. The molecule has 2 aromatic rings. The number of hydrogen-bond donors (Lipinski definition) is 1. The molecule has 4 nitrogen and oxygen atoms in total. The summed E-state index contributed by atoms with van der Waals surface area (Å²) in [5, 5.41) is 1.73. The van der Waals surface area contributed by atoms with Crippen LogP contribution in [0.1, 0.15) is 25.8 Å². The van der Waals surface area contributed by atoms with Gasteiger partial charge >= 0.3 is 5.97 Å². The molecule has 0 fully saturated rings. The maximum atomic E-state index is 13.7. The van der Waals surface area contributed by atoms with E-state index in [9.17, 15) is 31.5 Å². The Kier molecular flexibility index (Phi) is 7.31. The zero-order valence-corrected chi connectivity index (χ0v) is 16.1. The molecule has 160 valence electrons. The van der Waals surface area contributed by atoms with Gasteiger partial charge in [-0.15, -0.1) is 0 Å². The van der Waals surface area contributed by atoms with Crippen LogP contribution in [0.4, 0.5) is 27.6 Å². The van der Waals surface area contributed by atoms with Crippen LogP contribution >= 0.6 is 0 Å². The third kappa shape index (κ3) is 5.43. The zero-order valence-electron chi connectivity index (χ0n) is 16.1. The second-order valence-electron chi connectivity index (χ2n) is 6.98. The van der Waals surface area contributed by atoms with E-state index in [1.54, 1.807) is 29.6 Å². The van der Waals surface area contributed by atoms with E-state index in [0.29, 0.717) is 0 Å². The van der Waals surface area contributed by atoms with Crippen molar-refractivity contribution < 1.29 is 36.3 Å². The molecule has 0 saturated carbocycles. The Morgan fingerprint density at radius 2 is 1.47 bits per heavy atom. The summed E-state index contributed by atoms with van der Waals surface area (Å²) in [4.78, 5) is 24.0. The van der Waals surface area contributed by atoms with Crippen molar-refractivity contribution in [3.05, 3.63) is 77.1 Å². The van der Waals surface area contributed by atoms with Crippen LogP contribution in [0.5, 0.6) is 0 Å². The van der Waals surface area contributed by atoms with Crippen molar-refractivity contribution in [2.45, 2.75) is 26.9 Å². The smallest absolute Gasteiger partial charge is 0.330 e. The Hall–Kier alpha value is -3.23. The SMILES string of the molecule is CC(C)(C/C=C/C(=O)OCc1ccccc1)C(=O)Nc1c(F)c(F)c(F)c(F)c1F. The molecule has 9 heteroatoms. The summed E-state index contributed by atoms with van der Waals surface area (Å²) in [5.74, 6) is -12.6. The maximum absolute atomic E-state index is 13.7. The van der Waals surface area contributed by atoms with Gasteiger partial charge in [-0.25, -0.2) is 26.7 Å². The first-order valence-electron chi connectivity index (χ1n) is 8.74. The zero-order chi connectivity index (χ0) is 22.5. The van der Waals surface area contributed by atoms with E-state index in [1.165, 1.54) is 19.9 Å². The first kappa shape index (κ1) is 23.1. The van der Waals surface area contributed by atoms with Crippen LogP contribution in [-0.2, 0) is 20.9 Å². The highest BCUT2D eigenvalue weighted by molar-refractivity contribution is 5.95. The van der Waals surface area contributed by atoms with Gasteiger partial charge in [0.05, 0.1) is 0 Å². The first-order valence-corrected chi connectivity index (χ1v) is 8.74. The molecule has 1 amide bonds. The Balaban J connectivity index is 1.99. The number of hydrogen-bond acceptors (Lipinski definition) is 3. The summed E-state index contributed by atoms with van der Waals surface area (Å²) in [6.45, 7) is 2.79. The van der Waals surface area contributed by atoms with Gasteiger partial charge < -0.3 is 10.1 Å². The number of amides is 1. The van der Waals surface area contributed by atoms with Crippen LogP contribution in [0.15, 0.2) is 42.5 Å². The minimum atomic E-state index is -2.32. The molecule has 0 saturated heterocycles. The molecule has 0 atom stereocenters. The normalized spacial score (nSPS) is 11.6. The summed E-state index contributed by atoms with van der Waals surface area (Å²) in [5.41, 5.74) is -1.99. The number of esters is 1. The topological polar surface area (TPSA) is 55.4 Å². The Morgan fingerprint density at radius 1 is 0.933 bits per heavy atom. The van der Waals surface area contributed by atoms with E-state index in [4.69, 9.17) is 4.74 Å². The predicted octanol–water partition coefficient (Wildman–Crippen LogP) is 5.04. The van der Waals surface area contributed by atoms with Crippen LogP contribution in [0.2, 0.25) is 0 Å². The van der Waals surface area contributed by atoms with Gasteiger partial charge in [0.1, 0.15) is 12.3 Å². The number of carbonyl (C=O) groups is 2. The average Bonchev–Trinajstić information content (AvgIpc) is 2.72. The van der Waals surface area contributed by atoms with E-state index < -0.39 is 52.1 Å². The molecule has 0 heterocycles. The molecule has 2 aromatic carbocycles. The fraction of sp³-hybridized carbons (Fsp3) is 0.238. The molecule has 0 radical (unpaired) electrons. The predicted molar refractivity (Wildman–Crippen MR) is 98.6 cm³/mol. The lowest BCUT2D eigenvalue weighted by molar-refractivity contribution is -0.139. The summed E-state index contributed by atoms with van der Waals surface area (Å²) in [6, 6.07) is 8.91. The number of rotatable bonds is 7. The molecule has 30 heavy (non-hydrogen) atoms. The van der Waals surface area contributed by atoms with Gasteiger partial charge in [0.15, 0.2) is 23.3 Å². The van der Waals surface area contributed by atoms with Crippen LogP contribution in [0.25, 0.3) is 0 Å². The molecule has 0 aliphatic heterocycles. The van der Waals surface area contributed by atoms with E-state index >= 15 is 0 Å². The number of halogens is 5. The maximum Gasteiger partial charge on any atom is 0.330 e. The Labute approximate surface area is 169 Å². The van der Waals surface area contributed by atoms with E-state index in [1.807, 2.05) is 6.07 Å². The largest absolute Gasteiger partial charge is 0.458 e. The van der Waals surface area contributed by atoms with E-state index in [-0.39, 0.29) is 13.0 Å². The van der Waals surface area contributed by atoms with Gasteiger partial charge in [0.25, 0.3) is 0 Å². The van der Waals surface area contributed by atoms with Crippen molar-refractivity contribution in [3.63, 3.8) is 0 Å². The highest BCUT2D eigenvalue weighted by Crippen LogP contribution is 2.30. The lowest BCUT2D eigenvalue weighted by Crippen LogP contribution is -2.31. The Morgan fingerprint density at radius 3 is 2.03 bits per heavy atom. The lowest BCUT2D eigenvalue weighted by Gasteiger charge is -2.22. The molecule has 0 bridgehead atoms. The van der Waals surface area contributed by atoms with Gasteiger partial charge in [0.2, 0.25) is 11.7 Å². The number of benzene rings is 2. The van der Waals surface area contributed by atoms with Crippen molar-refractivity contribution in [1.29, 1.82) is 0 Å². The van der Waals surface area contributed by atoms with Crippen molar-refractivity contribution in [2.75, 3.05) is 5.32 Å². The number of nitrogens with one attached hydrogen (secondary N) is 1. The highest BCUT2D eigenvalue weighted by Gasteiger charge is 2.31. The molecular weight excluding hydrogens is 409 g/mol. The number of ether oxygens (including phenoxy) is 1. The monoisotopic (exact) mass is 427 g/mol. The molecular formula is C21H18F5NO3. The summed E-state index contributed by atoms with van der Waals surface area (Å²) in [7, 11) is 0. The molecule has 0 aromatic heterocycles. The van der Waals surface area contributed by atoms with Crippen LogP contribution in [-0.4, -0.2) is 11.9 Å². The van der Waals surface area contributed by atoms with E-state index in [0.717, 1.165) is 11.6 Å². The molecule has 0 aliphatic carbocycles. The second kappa shape index (κ2) is 9.51. The lowest BCUT2D eigenvalue weighted by atomic mass is 9.88. The first-order chi connectivity index (χ1) is 14.0. The number of anilines is 1.